The number of hydrogen-bond acceptors (Lipinski definition) is 4. The fourth-order valence-electron chi connectivity index (χ4n) is 2.07. The molecule has 0 radical (unpaired) electrons. The van der Waals surface area contributed by atoms with Crippen molar-refractivity contribution in [2.24, 2.45) is 5.73 Å². The van der Waals surface area contributed by atoms with Gasteiger partial charge in [-0.1, -0.05) is 50.8 Å². The molecule has 0 aromatic heterocycles. The molecule has 3 N–H and O–H groups in total. The van der Waals surface area contributed by atoms with Gasteiger partial charge in [-0.15, -0.1) is 0 Å². The first kappa shape index (κ1) is 18.0. The van der Waals surface area contributed by atoms with Crippen LogP contribution in [0.25, 0.3) is 0 Å². The number of aliphatic hydroxyl groups excluding tert-OH is 1. The van der Waals surface area contributed by atoms with E-state index in [4.69, 9.17) is 15.2 Å². The second-order valence-electron chi connectivity index (χ2n) is 5.27. The molecule has 4 heteroatoms. The van der Waals surface area contributed by atoms with Gasteiger partial charge >= 0.3 is 0 Å². The number of rotatable bonds is 12. The normalized spacial score (nSPS) is 12.3. The van der Waals surface area contributed by atoms with Gasteiger partial charge in [0.2, 0.25) is 0 Å². The van der Waals surface area contributed by atoms with Gasteiger partial charge in [-0.05, 0) is 12.5 Å². The second-order valence-corrected chi connectivity index (χ2v) is 5.27. The Labute approximate surface area is 128 Å². The molecular weight excluding hydrogens is 266 g/mol. The van der Waals surface area contributed by atoms with E-state index in [-0.39, 0.29) is 6.61 Å². The summed E-state index contributed by atoms with van der Waals surface area (Å²) in [7, 11) is 0. The molecule has 0 fully saturated rings. The van der Waals surface area contributed by atoms with Crippen molar-refractivity contribution in [3.8, 4) is 5.75 Å². The van der Waals surface area contributed by atoms with E-state index in [1.165, 1.54) is 25.7 Å². The van der Waals surface area contributed by atoms with Crippen LogP contribution < -0.4 is 10.5 Å². The van der Waals surface area contributed by atoms with E-state index >= 15 is 0 Å². The van der Waals surface area contributed by atoms with Crippen LogP contribution in [0.2, 0.25) is 0 Å². The summed E-state index contributed by atoms with van der Waals surface area (Å²) < 4.78 is 11.1. The lowest BCUT2D eigenvalue weighted by Crippen LogP contribution is -2.24. The van der Waals surface area contributed by atoms with E-state index in [0.29, 0.717) is 19.8 Å². The molecule has 0 aliphatic heterocycles. The van der Waals surface area contributed by atoms with Crippen molar-refractivity contribution >= 4 is 0 Å². The Balaban J connectivity index is 2.09. The second kappa shape index (κ2) is 11.5. The zero-order valence-electron chi connectivity index (χ0n) is 13.1. The molecular formula is C17H29NO3. The van der Waals surface area contributed by atoms with Crippen LogP contribution in [0.5, 0.6) is 5.75 Å². The maximum atomic E-state index is 9.83. The number of para-hydroxylation sites is 1. The van der Waals surface area contributed by atoms with E-state index in [2.05, 4.69) is 6.92 Å². The molecule has 1 atom stereocenters. The molecule has 1 aromatic carbocycles. The maximum Gasteiger partial charge on any atom is 0.123 e. The standard InChI is InChI=1S/C17H29NO3/c1-2-3-4-5-8-11-20-13-16(19)14-21-17-10-7-6-9-15(17)12-18/h6-7,9-10,16,19H,2-5,8,11-14,18H2,1H3. The molecule has 0 aliphatic carbocycles. The minimum Gasteiger partial charge on any atom is -0.490 e. The quantitative estimate of drug-likeness (QED) is 0.582. The zero-order chi connectivity index (χ0) is 15.3. The van der Waals surface area contributed by atoms with Crippen LogP contribution in [0.4, 0.5) is 0 Å². The fraction of sp³-hybridized carbons (Fsp3) is 0.647. The highest BCUT2D eigenvalue weighted by atomic mass is 16.5. The summed E-state index contributed by atoms with van der Waals surface area (Å²) >= 11 is 0. The predicted octanol–water partition coefficient (Wildman–Crippen LogP) is 2.87. The van der Waals surface area contributed by atoms with Crippen molar-refractivity contribution in [1.29, 1.82) is 0 Å². The van der Waals surface area contributed by atoms with Gasteiger partial charge in [0.15, 0.2) is 0 Å². The van der Waals surface area contributed by atoms with Gasteiger partial charge in [0.25, 0.3) is 0 Å². The number of ether oxygens (including phenoxy) is 2. The third kappa shape index (κ3) is 8.05. The zero-order valence-corrected chi connectivity index (χ0v) is 13.1. The lowest BCUT2D eigenvalue weighted by Gasteiger charge is -2.14. The highest BCUT2D eigenvalue weighted by Crippen LogP contribution is 2.17. The Bertz CT molecular complexity index is 371. The summed E-state index contributed by atoms with van der Waals surface area (Å²) in [4.78, 5) is 0. The maximum absolute atomic E-state index is 9.83. The van der Waals surface area contributed by atoms with Gasteiger partial charge in [0.05, 0.1) is 6.61 Å². The monoisotopic (exact) mass is 295 g/mol. The Morgan fingerprint density at radius 3 is 2.62 bits per heavy atom. The van der Waals surface area contributed by atoms with Crippen LogP contribution in [-0.4, -0.2) is 31.0 Å². The topological polar surface area (TPSA) is 64.7 Å². The molecule has 0 amide bonds. The minimum absolute atomic E-state index is 0.229. The van der Waals surface area contributed by atoms with Crippen LogP contribution in [0.3, 0.4) is 0 Å². The highest BCUT2D eigenvalue weighted by molar-refractivity contribution is 5.32. The van der Waals surface area contributed by atoms with Crippen molar-refractivity contribution in [3.05, 3.63) is 29.8 Å². The minimum atomic E-state index is -0.605. The summed E-state index contributed by atoms with van der Waals surface area (Å²) in [5.74, 6) is 0.735. The van der Waals surface area contributed by atoms with E-state index in [0.717, 1.165) is 17.7 Å². The molecule has 4 nitrogen and oxygen atoms in total. The molecule has 0 bridgehead atoms. The van der Waals surface area contributed by atoms with Crippen molar-refractivity contribution in [2.45, 2.75) is 51.7 Å². The molecule has 1 aromatic rings. The van der Waals surface area contributed by atoms with Crippen molar-refractivity contribution in [1.82, 2.24) is 0 Å². The number of nitrogens with two attached hydrogens (primary N) is 1. The van der Waals surface area contributed by atoms with Crippen LogP contribution in [0.15, 0.2) is 24.3 Å². The first-order valence-corrected chi connectivity index (χ1v) is 7.94. The number of unbranched alkanes of at least 4 members (excludes halogenated alkanes) is 4. The Morgan fingerprint density at radius 2 is 1.86 bits per heavy atom. The van der Waals surface area contributed by atoms with Gasteiger partial charge in [0.1, 0.15) is 18.5 Å². The predicted molar refractivity (Wildman–Crippen MR) is 85.4 cm³/mol. The molecule has 21 heavy (non-hydrogen) atoms. The summed E-state index contributed by atoms with van der Waals surface area (Å²) in [6.07, 6.45) is 5.46. The van der Waals surface area contributed by atoms with Crippen LogP contribution in [-0.2, 0) is 11.3 Å². The van der Waals surface area contributed by atoms with Gasteiger partial charge < -0.3 is 20.3 Å². The van der Waals surface area contributed by atoms with Crippen molar-refractivity contribution in [3.63, 3.8) is 0 Å². The largest absolute Gasteiger partial charge is 0.490 e. The van der Waals surface area contributed by atoms with Crippen LogP contribution >= 0.6 is 0 Å². The summed E-state index contributed by atoms with van der Waals surface area (Å²) in [5.41, 5.74) is 6.58. The van der Waals surface area contributed by atoms with E-state index < -0.39 is 6.10 Å². The highest BCUT2D eigenvalue weighted by Gasteiger charge is 2.07. The molecule has 120 valence electrons. The molecule has 0 saturated heterocycles. The number of benzene rings is 1. The van der Waals surface area contributed by atoms with Gasteiger partial charge in [-0.2, -0.15) is 0 Å². The SMILES string of the molecule is CCCCCCCOCC(O)COc1ccccc1CN. The van der Waals surface area contributed by atoms with E-state index in [1.54, 1.807) is 0 Å². The lowest BCUT2D eigenvalue weighted by molar-refractivity contribution is 0.0108. The number of aliphatic hydroxyl groups is 1. The molecule has 0 saturated carbocycles. The van der Waals surface area contributed by atoms with E-state index in [9.17, 15) is 5.11 Å². The summed E-state index contributed by atoms with van der Waals surface area (Å²) in [6, 6.07) is 7.61. The lowest BCUT2D eigenvalue weighted by atomic mass is 10.2. The Hall–Kier alpha value is -1.10. The first-order valence-electron chi connectivity index (χ1n) is 7.94. The van der Waals surface area contributed by atoms with Gasteiger partial charge in [0, 0.05) is 18.7 Å². The van der Waals surface area contributed by atoms with Gasteiger partial charge in [-0.25, -0.2) is 0 Å². The molecule has 0 aliphatic rings. The summed E-state index contributed by atoms with van der Waals surface area (Å²) in [6.45, 7) is 3.89. The molecule has 0 spiro atoms. The summed E-state index contributed by atoms with van der Waals surface area (Å²) in [5, 5.41) is 9.83. The van der Waals surface area contributed by atoms with Crippen molar-refractivity contribution < 1.29 is 14.6 Å². The fourth-order valence-corrected chi connectivity index (χ4v) is 2.07. The van der Waals surface area contributed by atoms with Crippen LogP contribution in [0, 0.1) is 0 Å². The average molecular weight is 295 g/mol. The molecule has 1 rings (SSSR count). The Morgan fingerprint density at radius 1 is 1.10 bits per heavy atom. The Kier molecular flexibility index (Phi) is 9.87. The average Bonchev–Trinajstić information content (AvgIpc) is 2.52. The molecule has 0 heterocycles. The molecule has 1 unspecified atom stereocenters. The third-order valence-electron chi connectivity index (χ3n) is 3.33. The van der Waals surface area contributed by atoms with E-state index in [1.807, 2.05) is 24.3 Å². The third-order valence-corrected chi connectivity index (χ3v) is 3.33. The smallest absolute Gasteiger partial charge is 0.123 e. The first-order chi connectivity index (χ1) is 10.3. The van der Waals surface area contributed by atoms with Crippen LogP contribution in [0.1, 0.15) is 44.6 Å². The van der Waals surface area contributed by atoms with Crippen molar-refractivity contribution in [2.75, 3.05) is 19.8 Å². The van der Waals surface area contributed by atoms with Gasteiger partial charge in [-0.3, -0.25) is 0 Å². The number of hydrogen-bond donors (Lipinski definition) is 2.